The van der Waals surface area contributed by atoms with Crippen molar-refractivity contribution in [1.29, 1.82) is 0 Å². The topological polar surface area (TPSA) is 37.3 Å². The molecule has 162 valence electrons. The lowest BCUT2D eigenvalue weighted by atomic mass is 9.44. The Kier molecular flexibility index (Phi) is 4.95. The fourth-order valence-corrected chi connectivity index (χ4v) is 10.1. The number of fused-ring (bicyclic) bond motifs is 7. The van der Waals surface area contributed by atoms with E-state index in [1.807, 2.05) is 0 Å². The summed E-state index contributed by atoms with van der Waals surface area (Å²) in [5.41, 5.74) is 0.869. The highest BCUT2D eigenvalue weighted by molar-refractivity contribution is 5.76. The number of hydrogen-bond acceptors (Lipinski definition) is 1. The first-order valence-electron chi connectivity index (χ1n) is 12.8. The van der Waals surface area contributed by atoms with Gasteiger partial charge in [0.25, 0.3) is 0 Å². The molecule has 5 rings (SSSR count). The molecule has 5 aliphatic carbocycles. The predicted molar refractivity (Wildman–Crippen MR) is 117 cm³/mol. The maximum atomic E-state index is 12.7. The molecule has 5 fully saturated rings. The van der Waals surface area contributed by atoms with Crippen LogP contribution in [0.1, 0.15) is 97.3 Å². The lowest BCUT2D eigenvalue weighted by Crippen LogP contribution is -2.55. The molecule has 0 amide bonds. The third-order valence-electron chi connectivity index (χ3n) is 11.3. The van der Waals surface area contributed by atoms with Gasteiger partial charge >= 0.3 is 5.97 Å². The molecule has 0 aromatic carbocycles. The summed E-state index contributed by atoms with van der Waals surface area (Å²) in [6, 6.07) is 0. The van der Waals surface area contributed by atoms with Crippen molar-refractivity contribution >= 4 is 5.97 Å². The highest BCUT2D eigenvalue weighted by Gasteiger charge is 2.66. The van der Waals surface area contributed by atoms with Crippen molar-refractivity contribution < 1.29 is 9.90 Å². The molecule has 2 heteroatoms. The van der Waals surface area contributed by atoms with Crippen LogP contribution in [0.25, 0.3) is 0 Å². The second-order valence-corrected chi connectivity index (χ2v) is 11.8. The molecule has 0 radical (unpaired) electrons. The maximum absolute atomic E-state index is 12.7. The lowest BCUT2D eigenvalue weighted by Gasteiger charge is -2.60. The molecular weight excluding hydrogens is 356 g/mol. The van der Waals surface area contributed by atoms with Gasteiger partial charge < -0.3 is 5.11 Å². The first-order chi connectivity index (χ1) is 13.9. The fourth-order valence-electron chi connectivity index (χ4n) is 10.1. The standard InChI is InChI=1S/C27H42O2/c1-4-26(17(2)3)15-16-27(25(28)29)14-13-22-21-10-9-18-7-5-6-8-19(18)20(21)11-12-23(22)24(26)27/h18-24H,2,4-16H2,1,3H3,(H,28,29). The highest BCUT2D eigenvalue weighted by Crippen LogP contribution is 2.70. The van der Waals surface area contributed by atoms with Crippen LogP contribution < -0.4 is 0 Å². The number of hydrogen-bond donors (Lipinski definition) is 1. The van der Waals surface area contributed by atoms with E-state index in [-0.39, 0.29) is 5.41 Å². The van der Waals surface area contributed by atoms with Gasteiger partial charge in [-0.3, -0.25) is 4.79 Å². The molecule has 0 aliphatic heterocycles. The Morgan fingerprint density at radius 2 is 1.52 bits per heavy atom. The van der Waals surface area contributed by atoms with Crippen LogP contribution in [0, 0.1) is 52.3 Å². The second kappa shape index (κ2) is 7.13. The maximum Gasteiger partial charge on any atom is 0.309 e. The van der Waals surface area contributed by atoms with E-state index in [0.29, 0.717) is 11.8 Å². The normalized spacial score (nSPS) is 51.3. The Morgan fingerprint density at radius 1 is 0.862 bits per heavy atom. The Morgan fingerprint density at radius 3 is 2.24 bits per heavy atom. The highest BCUT2D eigenvalue weighted by atomic mass is 16.4. The van der Waals surface area contributed by atoms with E-state index in [4.69, 9.17) is 0 Å². The minimum atomic E-state index is -0.490. The molecule has 0 bridgehead atoms. The van der Waals surface area contributed by atoms with Gasteiger partial charge in [-0.2, -0.15) is 0 Å². The fraction of sp³-hybridized carbons (Fsp3) is 0.889. The summed E-state index contributed by atoms with van der Waals surface area (Å²) in [5, 5.41) is 10.5. The average Bonchev–Trinajstić information content (AvgIpc) is 3.11. The zero-order chi connectivity index (χ0) is 20.4. The Balaban J connectivity index is 1.49. The number of rotatable bonds is 3. The van der Waals surface area contributed by atoms with E-state index >= 15 is 0 Å². The van der Waals surface area contributed by atoms with Crippen molar-refractivity contribution in [3.8, 4) is 0 Å². The first kappa shape index (κ1) is 20.1. The molecule has 5 aliphatic rings. The molecule has 0 spiro atoms. The molecule has 0 heterocycles. The molecule has 0 saturated heterocycles. The molecule has 2 nitrogen and oxygen atoms in total. The third-order valence-corrected chi connectivity index (χ3v) is 11.3. The summed E-state index contributed by atoms with van der Waals surface area (Å²) in [4.78, 5) is 12.7. The van der Waals surface area contributed by atoms with Crippen LogP contribution in [-0.2, 0) is 4.79 Å². The molecule has 9 atom stereocenters. The Labute approximate surface area is 177 Å². The lowest BCUT2D eigenvalue weighted by molar-refractivity contribution is -0.167. The Bertz CT molecular complexity index is 660. The van der Waals surface area contributed by atoms with E-state index in [2.05, 4.69) is 20.4 Å². The molecule has 5 saturated carbocycles. The first-order valence-corrected chi connectivity index (χ1v) is 12.8. The van der Waals surface area contributed by atoms with Crippen LogP contribution in [0.15, 0.2) is 12.2 Å². The van der Waals surface area contributed by atoms with Crippen molar-refractivity contribution in [2.45, 2.75) is 97.3 Å². The number of carbonyl (C=O) groups is 1. The third kappa shape index (κ3) is 2.69. The summed E-state index contributed by atoms with van der Waals surface area (Å²) in [5.74, 6) is 5.11. The molecule has 0 aromatic heterocycles. The molecule has 1 N–H and O–H groups in total. The molecule has 29 heavy (non-hydrogen) atoms. The van der Waals surface area contributed by atoms with E-state index in [1.54, 1.807) is 0 Å². The van der Waals surface area contributed by atoms with Crippen molar-refractivity contribution in [1.82, 2.24) is 0 Å². The van der Waals surface area contributed by atoms with Gasteiger partial charge in [0.05, 0.1) is 5.41 Å². The zero-order valence-corrected chi connectivity index (χ0v) is 18.8. The van der Waals surface area contributed by atoms with Crippen molar-refractivity contribution in [3.05, 3.63) is 12.2 Å². The average molecular weight is 399 g/mol. The van der Waals surface area contributed by atoms with Crippen molar-refractivity contribution in [2.24, 2.45) is 52.3 Å². The molecular formula is C27H42O2. The number of carboxylic acid groups (broad SMARTS) is 1. The Hall–Kier alpha value is -0.790. The predicted octanol–water partition coefficient (Wildman–Crippen LogP) is 7.09. The van der Waals surface area contributed by atoms with Gasteiger partial charge in [0.2, 0.25) is 0 Å². The van der Waals surface area contributed by atoms with Crippen LogP contribution >= 0.6 is 0 Å². The second-order valence-electron chi connectivity index (χ2n) is 11.8. The summed E-state index contributed by atoms with van der Waals surface area (Å²) < 4.78 is 0. The van der Waals surface area contributed by atoms with Gasteiger partial charge in [0.1, 0.15) is 0 Å². The summed E-state index contributed by atoms with van der Waals surface area (Å²) in [6.07, 6.45) is 16.6. The molecule has 9 unspecified atom stereocenters. The number of aliphatic carboxylic acids is 1. The summed E-state index contributed by atoms with van der Waals surface area (Å²) >= 11 is 0. The van der Waals surface area contributed by atoms with Gasteiger partial charge in [-0.05, 0) is 118 Å². The van der Waals surface area contributed by atoms with Crippen LogP contribution in [0.3, 0.4) is 0 Å². The van der Waals surface area contributed by atoms with Gasteiger partial charge in [0, 0.05) is 0 Å². The number of allylic oxidation sites excluding steroid dienone is 1. The van der Waals surface area contributed by atoms with Crippen LogP contribution in [0.4, 0.5) is 0 Å². The smallest absolute Gasteiger partial charge is 0.309 e. The number of carboxylic acids is 1. The van der Waals surface area contributed by atoms with Crippen molar-refractivity contribution in [3.63, 3.8) is 0 Å². The van der Waals surface area contributed by atoms with E-state index < -0.39 is 11.4 Å². The van der Waals surface area contributed by atoms with Gasteiger partial charge in [-0.25, -0.2) is 0 Å². The van der Waals surface area contributed by atoms with Gasteiger partial charge in [-0.15, -0.1) is 0 Å². The van der Waals surface area contributed by atoms with Crippen LogP contribution in [0.5, 0.6) is 0 Å². The van der Waals surface area contributed by atoms with E-state index in [1.165, 1.54) is 63.4 Å². The summed E-state index contributed by atoms with van der Waals surface area (Å²) in [7, 11) is 0. The van der Waals surface area contributed by atoms with Crippen molar-refractivity contribution in [2.75, 3.05) is 0 Å². The largest absolute Gasteiger partial charge is 0.481 e. The van der Waals surface area contributed by atoms with E-state index in [9.17, 15) is 9.90 Å². The monoisotopic (exact) mass is 398 g/mol. The minimum absolute atomic E-state index is 0.0661. The van der Waals surface area contributed by atoms with Gasteiger partial charge in [-0.1, -0.05) is 38.3 Å². The minimum Gasteiger partial charge on any atom is -0.481 e. The summed E-state index contributed by atoms with van der Waals surface area (Å²) in [6.45, 7) is 8.94. The van der Waals surface area contributed by atoms with Crippen LogP contribution in [-0.4, -0.2) is 11.1 Å². The zero-order valence-electron chi connectivity index (χ0n) is 18.8. The van der Waals surface area contributed by atoms with E-state index in [0.717, 1.165) is 55.3 Å². The van der Waals surface area contributed by atoms with Crippen LogP contribution in [0.2, 0.25) is 0 Å². The van der Waals surface area contributed by atoms with Gasteiger partial charge in [0.15, 0.2) is 0 Å². The quantitative estimate of drug-likeness (QED) is 0.515. The SMILES string of the molecule is C=C(C)C1(CC)CCC2(C(=O)O)CCC3C4CCC5CCCCC5C4CCC3C12. The molecule has 0 aromatic rings.